The molecule has 0 unspecified atom stereocenters. The van der Waals surface area contributed by atoms with Crippen molar-refractivity contribution in [2.24, 2.45) is 0 Å². The lowest BCUT2D eigenvalue weighted by atomic mass is 10.2. The molecular weight excluding hydrogens is 287 g/mol. The minimum atomic E-state index is -0.503. The van der Waals surface area contributed by atoms with E-state index >= 15 is 0 Å². The van der Waals surface area contributed by atoms with Gasteiger partial charge in [-0.1, -0.05) is 0 Å². The molecule has 1 aromatic rings. The second-order valence-corrected chi connectivity index (χ2v) is 5.91. The van der Waals surface area contributed by atoms with Gasteiger partial charge in [0.1, 0.15) is 17.2 Å². The van der Waals surface area contributed by atoms with Gasteiger partial charge in [-0.2, -0.15) is 0 Å². The fourth-order valence-corrected chi connectivity index (χ4v) is 1.78. The first-order valence-corrected chi connectivity index (χ1v) is 7.34. The Morgan fingerprint density at radius 3 is 2.68 bits per heavy atom. The Kier molecular flexibility index (Phi) is 7.11. The van der Waals surface area contributed by atoms with Crippen LogP contribution in [0.1, 0.15) is 32.8 Å². The predicted molar refractivity (Wildman–Crippen MR) is 83.5 cm³/mol. The number of ether oxygens (including phenoxy) is 2. The van der Waals surface area contributed by atoms with Crippen molar-refractivity contribution in [3.63, 3.8) is 0 Å². The fourth-order valence-electron chi connectivity index (χ4n) is 1.78. The van der Waals surface area contributed by atoms with Crippen LogP contribution < -0.4 is 15.4 Å². The molecule has 2 N–H and O–H groups in total. The summed E-state index contributed by atoms with van der Waals surface area (Å²) in [4.78, 5) is 11.4. The van der Waals surface area contributed by atoms with Crippen molar-refractivity contribution in [1.29, 1.82) is 0 Å². The molecule has 0 aromatic heterocycles. The molecule has 0 spiro atoms. The van der Waals surface area contributed by atoms with Gasteiger partial charge in [0.15, 0.2) is 0 Å². The summed E-state index contributed by atoms with van der Waals surface area (Å²) in [7, 11) is 1.79. The highest BCUT2D eigenvalue weighted by Crippen LogP contribution is 2.19. The molecule has 0 aliphatic rings. The number of rotatable bonds is 7. The highest BCUT2D eigenvalue weighted by Gasteiger charge is 2.15. The van der Waals surface area contributed by atoms with Crippen molar-refractivity contribution < 1.29 is 18.7 Å². The highest BCUT2D eigenvalue weighted by molar-refractivity contribution is 5.67. The van der Waals surface area contributed by atoms with Gasteiger partial charge in [-0.15, -0.1) is 0 Å². The molecule has 0 aliphatic heterocycles. The van der Waals surface area contributed by atoms with E-state index < -0.39 is 11.7 Å². The molecule has 0 aliphatic carbocycles. The first kappa shape index (κ1) is 18.2. The zero-order chi connectivity index (χ0) is 16.6. The van der Waals surface area contributed by atoms with Gasteiger partial charge in [0.2, 0.25) is 0 Å². The summed E-state index contributed by atoms with van der Waals surface area (Å²) in [5.74, 6) is 0.359. The van der Waals surface area contributed by atoms with E-state index in [1.807, 2.05) is 20.8 Å². The molecule has 22 heavy (non-hydrogen) atoms. The van der Waals surface area contributed by atoms with Gasteiger partial charge in [0, 0.05) is 18.7 Å². The third kappa shape index (κ3) is 7.26. The Morgan fingerprint density at radius 2 is 2.05 bits per heavy atom. The fraction of sp³-hybridized carbons (Fsp3) is 0.562. The lowest BCUT2D eigenvalue weighted by molar-refractivity contribution is 0.0525. The normalized spacial score (nSPS) is 11.1. The average molecular weight is 312 g/mol. The van der Waals surface area contributed by atoms with E-state index in [2.05, 4.69) is 10.6 Å². The summed E-state index contributed by atoms with van der Waals surface area (Å²) in [6, 6.07) is 4.43. The van der Waals surface area contributed by atoms with E-state index in [0.29, 0.717) is 31.9 Å². The van der Waals surface area contributed by atoms with Crippen LogP contribution in [-0.4, -0.2) is 31.9 Å². The van der Waals surface area contributed by atoms with Crippen molar-refractivity contribution in [2.75, 3.05) is 20.2 Å². The molecule has 0 heterocycles. The summed E-state index contributed by atoms with van der Waals surface area (Å²) >= 11 is 0. The van der Waals surface area contributed by atoms with Crippen molar-refractivity contribution in [1.82, 2.24) is 10.6 Å². The smallest absolute Gasteiger partial charge is 0.407 e. The summed E-state index contributed by atoms with van der Waals surface area (Å²) in [5, 5.41) is 5.63. The van der Waals surface area contributed by atoms with Crippen LogP contribution in [0.4, 0.5) is 9.18 Å². The third-order valence-electron chi connectivity index (χ3n) is 2.64. The second kappa shape index (κ2) is 8.58. The molecule has 124 valence electrons. The maximum absolute atomic E-state index is 13.2. The quantitative estimate of drug-likeness (QED) is 0.760. The summed E-state index contributed by atoms with van der Waals surface area (Å²) in [5.41, 5.74) is 0.263. The van der Waals surface area contributed by atoms with Gasteiger partial charge in [-0.25, -0.2) is 9.18 Å². The summed E-state index contributed by atoms with van der Waals surface area (Å²) < 4.78 is 23.9. The Hall–Kier alpha value is -1.82. The summed E-state index contributed by atoms with van der Waals surface area (Å²) in [6.07, 6.45) is 0.195. The van der Waals surface area contributed by atoms with Gasteiger partial charge >= 0.3 is 6.09 Å². The Balaban J connectivity index is 2.32. The number of hydrogen-bond donors (Lipinski definition) is 2. The van der Waals surface area contributed by atoms with Crippen LogP contribution in [0.2, 0.25) is 0 Å². The maximum atomic E-state index is 13.2. The first-order chi connectivity index (χ1) is 10.3. The largest absolute Gasteiger partial charge is 0.493 e. The van der Waals surface area contributed by atoms with Gasteiger partial charge in [-0.3, -0.25) is 0 Å². The zero-order valence-corrected chi connectivity index (χ0v) is 13.7. The molecule has 0 saturated carbocycles. The van der Waals surface area contributed by atoms with Crippen LogP contribution in [0.15, 0.2) is 18.2 Å². The van der Waals surface area contributed by atoms with Crippen LogP contribution in [0.25, 0.3) is 0 Å². The van der Waals surface area contributed by atoms with Gasteiger partial charge in [0.05, 0.1) is 6.61 Å². The van der Waals surface area contributed by atoms with E-state index in [1.54, 1.807) is 13.1 Å². The van der Waals surface area contributed by atoms with E-state index in [9.17, 15) is 9.18 Å². The molecule has 0 saturated heterocycles. The zero-order valence-electron chi connectivity index (χ0n) is 13.7. The average Bonchev–Trinajstić information content (AvgIpc) is 2.39. The standard InChI is InChI=1S/C16H25FN2O3/c1-16(2,3)22-15(20)19-8-5-9-21-14-7-6-13(17)10-12(14)11-18-4/h6-7,10,18H,5,8-9,11H2,1-4H3,(H,19,20). The molecule has 1 rings (SSSR count). The van der Waals surface area contributed by atoms with Crippen LogP contribution in [-0.2, 0) is 11.3 Å². The van der Waals surface area contributed by atoms with Crippen LogP contribution in [0.5, 0.6) is 5.75 Å². The number of carbonyl (C=O) groups excluding carboxylic acids is 1. The van der Waals surface area contributed by atoms with Crippen molar-refractivity contribution in [2.45, 2.75) is 39.3 Å². The second-order valence-electron chi connectivity index (χ2n) is 5.91. The van der Waals surface area contributed by atoms with E-state index in [-0.39, 0.29) is 5.82 Å². The number of hydrogen-bond acceptors (Lipinski definition) is 4. The third-order valence-corrected chi connectivity index (χ3v) is 2.64. The number of halogens is 1. The summed E-state index contributed by atoms with van der Waals surface area (Å²) in [6.45, 7) is 6.85. The minimum Gasteiger partial charge on any atom is -0.493 e. The molecule has 6 heteroatoms. The van der Waals surface area contributed by atoms with E-state index in [4.69, 9.17) is 9.47 Å². The molecule has 1 aromatic carbocycles. The first-order valence-electron chi connectivity index (χ1n) is 7.34. The molecule has 0 bridgehead atoms. The number of amides is 1. The van der Waals surface area contributed by atoms with E-state index in [0.717, 1.165) is 5.56 Å². The van der Waals surface area contributed by atoms with Gasteiger partial charge in [0.25, 0.3) is 0 Å². The Bertz CT molecular complexity index is 487. The number of benzene rings is 1. The molecule has 1 amide bonds. The van der Waals surface area contributed by atoms with E-state index in [1.165, 1.54) is 12.1 Å². The monoisotopic (exact) mass is 312 g/mol. The van der Waals surface area contributed by atoms with Crippen LogP contribution >= 0.6 is 0 Å². The minimum absolute atomic E-state index is 0.288. The lowest BCUT2D eigenvalue weighted by Gasteiger charge is -2.19. The van der Waals surface area contributed by atoms with Crippen LogP contribution in [0, 0.1) is 5.82 Å². The Labute approximate surface area is 131 Å². The molecular formula is C16H25FN2O3. The SMILES string of the molecule is CNCc1cc(F)ccc1OCCCNC(=O)OC(C)(C)C. The van der Waals surface area contributed by atoms with Crippen LogP contribution in [0.3, 0.4) is 0 Å². The topological polar surface area (TPSA) is 59.6 Å². The Morgan fingerprint density at radius 1 is 1.32 bits per heavy atom. The van der Waals surface area contributed by atoms with Crippen molar-refractivity contribution >= 4 is 6.09 Å². The number of carbonyl (C=O) groups is 1. The number of alkyl carbamates (subject to hydrolysis) is 1. The number of nitrogens with one attached hydrogen (secondary N) is 2. The molecule has 0 atom stereocenters. The predicted octanol–water partition coefficient (Wildman–Crippen LogP) is 2.84. The highest BCUT2D eigenvalue weighted by atomic mass is 19.1. The maximum Gasteiger partial charge on any atom is 0.407 e. The molecule has 0 radical (unpaired) electrons. The van der Waals surface area contributed by atoms with Crippen molar-refractivity contribution in [3.05, 3.63) is 29.6 Å². The van der Waals surface area contributed by atoms with Gasteiger partial charge in [-0.05, 0) is 52.4 Å². The van der Waals surface area contributed by atoms with Crippen molar-refractivity contribution in [3.8, 4) is 5.75 Å². The lowest BCUT2D eigenvalue weighted by Crippen LogP contribution is -2.33. The molecule has 5 nitrogen and oxygen atoms in total. The molecule has 0 fully saturated rings. The van der Waals surface area contributed by atoms with Gasteiger partial charge < -0.3 is 20.1 Å².